The van der Waals surface area contributed by atoms with Gasteiger partial charge in [0.15, 0.2) is 5.82 Å². The first-order valence-electron chi connectivity index (χ1n) is 9.40. The zero-order valence-electron chi connectivity index (χ0n) is 15.4. The summed E-state index contributed by atoms with van der Waals surface area (Å²) >= 11 is 0. The van der Waals surface area contributed by atoms with E-state index in [1.165, 1.54) is 0 Å². The largest absolute Gasteiger partial charge is 0.478 e. The van der Waals surface area contributed by atoms with Crippen molar-refractivity contribution in [1.82, 2.24) is 9.97 Å². The van der Waals surface area contributed by atoms with Gasteiger partial charge in [0, 0.05) is 18.0 Å². The fourth-order valence-corrected chi connectivity index (χ4v) is 3.97. The van der Waals surface area contributed by atoms with Gasteiger partial charge in [0.25, 0.3) is 0 Å². The molecule has 0 saturated carbocycles. The summed E-state index contributed by atoms with van der Waals surface area (Å²) < 4.78 is 5.75. The number of carboxylic acid groups (broad SMARTS) is 1. The van der Waals surface area contributed by atoms with Crippen molar-refractivity contribution in [2.45, 2.75) is 25.8 Å². The van der Waals surface area contributed by atoms with Crippen molar-refractivity contribution in [2.24, 2.45) is 0 Å². The quantitative estimate of drug-likeness (QED) is 0.559. The third-order valence-electron chi connectivity index (χ3n) is 5.45. The number of benzene rings is 2. The summed E-state index contributed by atoms with van der Waals surface area (Å²) in [5.74, 6) is -0.184. The van der Waals surface area contributed by atoms with E-state index in [2.05, 4.69) is 11.8 Å². The van der Waals surface area contributed by atoms with Crippen LogP contribution >= 0.6 is 0 Å². The number of anilines is 1. The highest BCUT2D eigenvalue weighted by Crippen LogP contribution is 2.38. The molecule has 1 fully saturated rings. The average molecular weight is 373 g/mol. The molecule has 2 aromatic heterocycles. The van der Waals surface area contributed by atoms with Gasteiger partial charge in [-0.15, -0.1) is 0 Å². The summed E-state index contributed by atoms with van der Waals surface area (Å²) in [6.45, 7) is 3.09. The van der Waals surface area contributed by atoms with Gasteiger partial charge in [-0.25, -0.2) is 14.8 Å². The minimum Gasteiger partial charge on any atom is -0.478 e. The molecule has 3 heterocycles. The molecule has 0 unspecified atom stereocenters. The number of carbonyl (C=O) groups is 1. The Labute approximate surface area is 161 Å². The van der Waals surface area contributed by atoms with E-state index in [0.717, 1.165) is 47.4 Å². The van der Waals surface area contributed by atoms with Crippen LogP contribution in [0, 0.1) is 0 Å². The van der Waals surface area contributed by atoms with E-state index in [9.17, 15) is 9.90 Å². The van der Waals surface area contributed by atoms with Crippen LogP contribution in [0.2, 0.25) is 0 Å². The third kappa shape index (κ3) is 2.60. The number of fused-ring (bicyclic) bond motifs is 2. The number of hydrogen-bond acceptors (Lipinski definition) is 5. The molecule has 1 atom stereocenters. The molecule has 1 N–H and O–H groups in total. The molecular formula is C22H19N3O3. The van der Waals surface area contributed by atoms with E-state index in [4.69, 9.17) is 14.4 Å². The average Bonchev–Trinajstić information content (AvgIpc) is 3.32. The lowest BCUT2D eigenvalue weighted by atomic mass is 10.1. The standard InChI is InChI=1S/C22H19N3O3/c1-13-5-4-10-25(13)21-20(16-12-28-19-7-3-2-6-15(16)19)23-17-9-8-14(22(26)27)11-18(17)24-21/h2-3,6-9,11-13H,4-5,10H2,1H3,(H,26,27)/t13-/m0/s1. The minimum absolute atomic E-state index is 0.212. The molecule has 0 bridgehead atoms. The Bertz CT molecular complexity index is 1210. The maximum atomic E-state index is 11.4. The van der Waals surface area contributed by atoms with Gasteiger partial charge in [0.05, 0.1) is 22.2 Å². The van der Waals surface area contributed by atoms with Gasteiger partial charge in [0.1, 0.15) is 17.5 Å². The van der Waals surface area contributed by atoms with Gasteiger partial charge in [-0.1, -0.05) is 18.2 Å². The Morgan fingerprint density at radius 3 is 2.82 bits per heavy atom. The molecule has 0 spiro atoms. The molecule has 6 nitrogen and oxygen atoms in total. The molecule has 5 rings (SSSR count). The Balaban J connectivity index is 1.78. The topological polar surface area (TPSA) is 79.5 Å². The molecule has 6 heteroatoms. The zero-order valence-corrected chi connectivity index (χ0v) is 15.4. The Kier molecular flexibility index (Phi) is 3.79. The molecule has 0 amide bonds. The summed E-state index contributed by atoms with van der Waals surface area (Å²) in [6, 6.07) is 13.1. The van der Waals surface area contributed by atoms with E-state index in [0.29, 0.717) is 17.1 Å². The smallest absolute Gasteiger partial charge is 0.335 e. The van der Waals surface area contributed by atoms with Crippen molar-refractivity contribution in [3.05, 3.63) is 54.3 Å². The molecular weight excluding hydrogens is 354 g/mol. The molecule has 1 aliphatic heterocycles. The van der Waals surface area contributed by atoms with E-state index < -0.39 is 5.97 Å². The second-order valence-corrected chi connectivity index (χ2v) is 7.23. The second kappa shape index (κ2) is 6.34. The van der Waals surface area contributed by atoms with E-state index in [1.807, 2.05) is 24.3 Å². The number of aromatic nitrogens is 2. The fraction of sp³-hybridized carbons (Fsp3) is 0.227. The highest BCUT2D eigenvalue weighted by atomic mass is 16.4. The van der Waals surface area contributed by atoms with Crippen molar-refractivity contribution in [1.29, 1.82) is 0 Å². The van der Waals surface area contributed by atoms with Gasteiger partial charge in [0.2, 0.25) is 0 Å². The lowest BCUT2D eigenvalue weighted by Crippen LogP contribution is -2.28. The monoisotopic (exact) mass is 373 g/mol. The van der Waals surface area contributed by atoms with E-state index in [1.54, 1.807) is 24.5 Å². The lowest BCUT2D eigenvalue weighted by Gasteiger charge is -2.24. The highest BCUT2D eigenvalue weighted by molar-refractivity contribution is 5.98. The molecule has 28 heavy (non-hydrogen) atoms. The summed E-state index contributed by atoms with van der Waals surface area (Å²) in [7, 11) is 0. The van der Waals surface area contributed by atoms with Crippen molar-refractivity contribution in [3.8, 4) is 11.3 Å². The van der Waals surface area contributed by atoms with Gasteiger partial charge < -0.3 is 14.4 Å². The molecule has 0 radical (unpaired) electrons. The number of rotatable bonds is 3. The number of carboxylic acids is 1. The van der Waals surface area contributed by atoms with Crippen LogP contribution in [0.1, 0.15) is 30.1 Å². The van der Waals surface area contributed by atoms with Crippen LogP contribution in [0.3, 0.4) is 0 Å². The van der Waals surface area contributed by atoms with Crippen LogP contribution in [0.25, 0.3) is 33.3 Å². The molecule has 0 aliphatic carbocycles. The number of para-hydroxylation sites is 1. The summed E-state index contributed by atoms with van der Waals surface area (Å²) in [5, 5.41) is 10.3. The molecule has 140 valence electrons. The van der Waals surface area contributed by atoms with Crippen LogP contribution in [0.5, 0.6) is 0 Å². The van der Waals surface area contributed by atoms with Gasteiger partial charge in [-0.3, -0.25) is 0 Å². The summed E-state index contributed by atoms with van der Waals surface area (Å²) in [4.78, 5) is 23.4. The third-order valence-corrected chi connectivity index (χ3v) is 5.45. The second-order valence-electron chi connectivity index (χ2n) is 7.23. The summed E-state index contributed by atoms with van der Waals surface area (Å²) in [6.07, 6.45) is 3.93. The summed E-state index contributed by atoms with van der Waals surface area (Å²) in [5.41, 5.74) is 3.95. The Morgan fingerprint density at radius 1 is 1.18 bits per heavy atom. The predicted molar refractivity (Wildman–Crippen MR) is 108 cm³/mol. The number of nitrogens with zero attached hydrogens (tertiary/aromatic N) is 3. The zero-order chi connectivity index (χ0) is 19.3. The fourth-order valence-electron chi connectivity index (χ4n) is 3.97. The lowest BCUT2D eigenvalue weighted by molar-refractivity contribution is 0.0697. The van der Waals surface area contributed by atoms with E-state index >= 15 is 0 Å². The Morgan fingerprint density at radius 2 is 2.04 bits per heavy atom. The maximum Gasteiger partial charge on any atom is 0.335 e. The van der Waals surface area contributed by atoms with Crippen molar-refractivity contribution >= 4 is 33.8 Å². The van der Waals surface area contributed by atoms with Crippen molar-refractivity contribution in [2.75, 3.05) is 11.4 Å². The number of hydrogen-bond donors (Lipinski definition) is 1. The first-order chi connectivity index (χ1) is 13.6. The molecule has 1 aliphatic rings. The van der Waals surface area contributed by atoms with Gasteiger partial charge in [-0.2, -0.15) is 0 Å². The van der Waals surface area contributed by atoms with Crippen LogP contribution < -0.4 is 4.90 Å². The minimum atomic E-state index is -0.968. The molecule has 1 saturated heterocycles. The van der Waals surface area contributed by atoms with E-state index in [-0.39, 0.29) is 5.56 Å². The maximum absolute atomic E-state index is 11.4. The van der Waals surface area contributed by atoms with Crippen molar-refractivity contribution < 1.29 is 14.3 Å². The predicted octanol–water partition coefficient (Wildman–Crippen LogP) is 4.73. The van der Waals surface area contributed by atoms with Crippen LogP contribution in [-0.2, 0) is 0 Å². The van der Waals surface area contributed by atoms with Gasteiger partial charge in [-0.05, 0) is 44.0 Å². The first kappa shape index (κ1) is 16.7. The first-order valence-corrected chi connectivity index (χ1v) is 9.40. The van der Waals surface area contributed by atoms with Crippen molar-refractivity contribution in [3.63, 3.8) is 0 Å². The molecule has 4 aromatic rings. The van der Waals surface area contributed by atoms with Crippen LogP contribution in [0.15, 0.2) is 53.1 Å². The number of aromatic carboxylic acids is 1. The normalized spacial score (nSPS) is 16.9. The van der Waals surface area contributed by atoms with Gasteiger partial charge >= 0.3 is 5.97 Å². The highest BCUT2D eigenvalue weighted by Gasteiger charge is 2.27. The number of furan rings is 1. The Hall–Kier alpha value is -3.41. The van der Waals surface area contributed by atoms with Crippen LogP contribution in [0.4, 0.5) is 5.82 Å². The van der Waals surface area contributed by atoms with Crippen LogP contribution in [-0.4, -0.2) is 33.6 Å². The molecule has 2 aromatic carbocycles. The SMILES string of the molecule is C[C@H]1CCCN1c1nc2cc(C(=O)O)ccc2nc1-c1coc2ccccc12.